The molecule has 2 aromatic carbocycles. The van der Waals surface area contributed by atoms with Gasteiger partial charge in [-0.1, -0.05) is 13.8 Å². The number of nitrogens with zero attached hydrogens (tertiary/aromatic N) is 2. The van der Waals surface area contributed by atoms with Crippen molar-refractivity contribution in [2.45, 2.75) is 38.7 Å². The zero-order valence-corrected chi connectivity index (χ0v) is 18.9. The van der Waals surface area contributed by atoms with Crippen LogP contribution in [0.5, 0.6) is 11.5 Å². The van der Waals surface area contributed by atoms with Crippen LogP contribution in [0.1, 0.15) is 33.3 Å². The minimum absolute atomic E-state index is 0.0654. The van der Waals surface area contributed by atoms with Crippen molar-refractivity contribution in [2.75, 3.05) is 25.0 Å². The predicted octanol–water partition coefficient (Wildman–Crippen LogP) is 3.39. The Morgan fingerprint density at radius 2 is 1.77 bits per heavy atom. The Kier molecular flexibility index (Phi) is 8.42. The lowest BCUT2D eigenvalue weighted by molar-refractivity contribution is -0.118. The van der Waals surface area contributed by atoms with E-state index >= 15 is 0 Å². The number of carbonyl (C=O) groups is 1. The van der Waals surface area contributed by atoms with Crippen molar-refractivity contribution < 1.29 is 22.7 Å². The molecular formula is C22H27N3O5S. The summed E-state index contributed by atoms with van der Waals surface area (Å²) in [6.07, 6.45) is -0.171. The summed E-state index contributed by atoms with van der Waals surface area (Å²) in [5, 5.41) is 11.5. The number of anilines is 1. The van der Waals surface area contributed by atoms with Gasteiger partial charge in [0.1, 0.15) is 11.5 Å². The maximum atomic E-state index is 12.9. The standard InChI is InChI=1S/C22H27N3O5S/c1-5-25(6-2)31(27,28)19-11-12-21(30-16(3)4)20(13-19)24-22(26)15-29-18-9-7-17(14-23)8-10-18/h7-13,16H,5-6,15H2,1-4H3,(H,24,26). The van der Waals surface area contributed by atoms with E-state index in [2.05, 4.69) is 5.32 Å². The van der Waals surface area contributed by atoms with Crippen LogP contribution in [0.15, 0.2) is 47.4 Å². The Hall–Kier alpha value is -3.09. The molecule has 8 nitrogen and oxygen atoms in total. The maximum Gasteiger partial charge on any atom is 0.262 e. The molecule has 2 rings (SSSR count). The molecule has 2 aromatic rings. The Morgan fingerprint density at radius 3 is 2.32 bits per heavy atom. The molecule has 0 unspecified atom stereocenters. The zero-order valence-electron chi connectivity index (χ0n) is 18.1. The summed E-state index contributed by atoms with van der Waals surface area (Å²) in [6, 6.07) is 12.8. The number of nitriles is 1. The highest BCUT2D eigenvalue weighted by Gasteiger charge is 2.23. The van der Waals surface area contributed by atoms with Gasteiger partial charge in [-0.05, 0) is 56.3 Å². The first-order chi connectivity index (χ1) is 14.7. The summed E-state index contributed by atoms with van der Waals surface area (Å²) in [7, 11) is -3.70. The molecule has 0 bridgehead atoms. The summed E-state index contributed by atoms with van der Waals surface area (Å²) in [5.74, 6) is 0.321. The summed E-state index contributed by atoms with van der Waals surface area (Å²) >= 11 is 0. The van der Waals surface area contributed by atoms with Crippen LogP contribution in [-0.2, 0) is 14.8 Å². The van der Waals surface area contributed by atoms with E-state index in [9.17, 15) is 13.2 Å². The third-order valence-corrected chi connectivity index (χ3v) is 6.33. The Bertz CT molecular complexity index is 1040. The quantitative estimate of drug-likeness (QED) is 0.600. The van der Waals surface area contributed by atoms with Gasteiger partial charge in [0.05, 0.1) is 28.3 Å². The van der Waals surface area contributed by atoms with Gasteiger partial charge in [0.2, 0.25) is 10.0 Å². The Morgan fingerprint density at radius 1 is 1.13 bits per heavy atom. The third kappa shape index (κ3) is 6.44. The van der Waals surface area contributed by atoms with Gasteiger partial charge in [0, 0.05) is 13.1 Å². The van der Waals surface area contributed by atoms with Gasteiger partial charge in [0.15, 0.2) is 6.61 Å². The number of ether oxygens (including phenoxy) is 2. The summed E-state index contributed by atoms with van der Waals surface area (Å²) < 4.78 is 38.2. The molecule has 0 fully saturated rings. The predicted molar refractivity (Wildman–Crippen MR) is 118 cm³/mol. The van der Waals surface area contributed by atoms with Crippen LogP contribution in [0.3, 0.4) is 0 Å². The van der Waals surface area contributed by atoms with Crippen LogP contribution in [0.2, 0.25) is 0 Å². The fraction of sp³-hybridized carbons (Fsp3) is 0.364. The number of hydrogen-bond donors (Lipinski definition) is 1. The van der Waals surface area contributed by atoms with E-state index in [0.29, 0.717) is 30.2 Å². The van der Waals surface area contributed by atoms with Crippen LogP contribution in [-0.4, -0.2) is 44.4 Å². The smallest absolute Gasteiger partial charge is 0.262 e. The van der Waals surface area contributed by atoms with Gasteiger partial charge in [-0.15, -0.1) is 0 Å². The van der Waals surface area contributed by atoms with Crippen molar-refractivity contribution in [3.63, 3.8) is 0 Å². The number of carbonyl (C=O) groups excluding carboxylic acids is 1. The van der Waals surface area contributed by atoms with Crippen LogP contribution in [0.25, 0.3) is 0 Å². The second-order valence-electron chi connectivity index (χ2n) is 6.89. The molecule has 0 aliphatic carbocycles. The zero-order chi connectivity index (χ0) is 23.0. The van der Waals surface area contributed by atoms with Crippen LogP contribution in [0.4, 0.5) is 5.69 Å². The molecule has 0 radical (unpaired) electrons. The van der Waals surface area contributed by atoms with Gasteiger partial charge in [-0.25, -0.2) is 8.42 Å². The van der Waals surface area contributed by atoms with Gasteiger partial charge < -0.3 is 14.8 Å². The van der Waals surface area contributed by atoms with Gasteiger partial charge in [0.25, 0.3) is 5.91 Å². The average molecular weight is 446 g/mol. The van der Waals surface area contributed by atoms with Crippen molar-refractivity contribution in [2.24, 2.45) is 0 Å². The number of benzene rings is 2. The fourth-order valence-electron chi connectivity index (χ4n) is 2.80. The van der Waals surface area contributed by atoms with Crippen LogP contribution < -0.4 is 14.8 Å². The highest BCUT2D eigenvalue weighted by Crippen LogP contribution is 2.30. The summed E-state index contributed by atoms with van der Waals surface area (Å²) in [5.41, 5.74) is 0.730. The second kappa shape index (κ2) is 10.8. The van der Waals surface area contributed by atoms with E-state index in [-0.39, 0.29) is 23.3 Å². The minimum atomic E-state index is -3.70. The van der Waals surface area contributed by atoms with Gasteiger partial charge in [-0.3, -0.25) is 4.79 Å². The van der Waals surface area contributed by atoms with E-state index in [1.807, 2.05) is 19.9 Å². The molecule has 0 aromatic heterocycles. The lowest BCUT2D eigenvalue weighted by atomic mass is 10.2. The molecule has 9 heteroatoms. The largest absolute Gasteiger partial charge is 0.489 e. The van der Waals surface area contributed by atoms with Crippen LogP contribution >= 0.6 is 0 Å². The van der Waals surface area contributed by atoms with Crippen molar-refractivity contribution in [1.82, 2.24) is 4.31 Å². The van der Waals surface area contributed by atoms with Crippen LogP contribution in [0, 0.1) is 11.3 Å². The van der Waals surface area contributed by atoms with E-state index in [1.54, 1.807) is 38.1 Å². The molecule has 166 valence electrons. The molecule has 0 aliphatic heterocycles. The molecule has 0 saturated carbocycles. The molecule has 31 heavy (non-hydrogen) atoms. The Balaban J connectivity index is 2.22. The fourth-order valence-corrected chi connectivity index (χ4v) is 4.28. The van der Waals surface area contributed by atoms with E-state index in [1.165, 1.54) is 22.5 Å². The summed E-state index contributed by atoms with van der Waals surface area (Å²) in [6.45, 7) is 7.58. The lowest BCUT2D eigenvalue weighted by Gasteiger charge is -2.20. The molecule has 0 saturated heterocycles. The number of sulfonamides is 1. The number of nitrogens with one attached hydrogen (secondary N) is 1. The second-order valence-corrected chi connectivity index (χ2v) is 8.82. The summed E-state index contributed by atoms with van der Waals surface area (Å²) in [4.78, 5) is 12.5. The first-order valence-electron chi connectivity index (χ1n) is 9.94. The number of amides is 1. The first kappa shape index (κ1) is 24.2. The van der Waals surface area contributed by atoms with E-state index in [4.69, 9.17) is 14.7 Å². The molecule has 0 aliphatic rings. The number of hydrogen-bond acceptors (Lipinski definition) is 6. The lowest BCUT2D eigenvalue weighted by Crippen LogP contribution is -2.30. The molecule has 1 amide bonds. The normalized spacial score (nSPS) is 11.3. The highest BCUT2D eigenvalue weighted by atomic mass is 32.2. The monoisotopic (exact) mass is 445 g/mol. The topological polar surface area (TPSA) is 109 Å². The molecule has 1 N–H and O–H groups in total. The maximum absolute atomic E-state index is 12.9. The van der Waals surface area contributed by atoms with Crippen molar-refractivity contribution in [3.8, 4) is 17.6 Å². The molecule has 0 heterocycles. The first-order valence-corrected chi connectivity index (χ1v) is 11.4. The molecule has 0 spiro atoms. The van der Waals surface area contributed by atoms with Crippen molar-refractivity contribution in [3.05, 3.63) is 48.0 Å². The molecule has 0 atom stereocenters. The average Bonchev–Trinajstić information content (AvgIpc) is 2.74. The Labute approximate surface area is 183 Å². The van der Waals surface area contributed by atoms with E-state index in [0.717, 1.165) is 0 Å². The highest BCUT2D eigenvalue weighted by molar-refractivity contribution is 7.89. The van der Waals surface area contributed by atoms with Crippen molar-refractivity contribution in [1.29, 1.82) is 5.26 Å². The SMILES string of the molecule is CCN(CC)S(=O)(=O)c1ccc(OC(C)C)c(NC(=O)COc2ccc(C#N)cc2)c1. The third-order valence-electron chi connectivity index (χ3n) is 4.28. The number of rotatable bonds is 10. The van der Waals surface area contributed by atoms with Gasteiger partial charge in [-0.2, -0.15) is 9.57 Å². The van der Waals surface area contributed by atoms with Crippen molar-refractivity contribution >= 4 is 21.6 Å². The molecular weight excluding hydrogens is 418 g/mol. The minimum Gasteiger partial charge on any atom is -0.489 e. The van der Waals surface area contributed by atoms with E-state index < -0.39 is 15.9 Å². The van der Waals surface area contributed by atoms with Gasteiger partial charge >= 0.3 is 0 Å².